The van der Waals surface area contributed by atoms with Crippen LogP contribution in [-0.2, 0) is 13.0 Å². The summed E-state index contributed by atoms with van der Waals surface area (Å²) in [7, 11) is 0. The van der Waals surface area contributed by atoms with Crippen LogP contribution in [0, 0.1) is 0 Å². The van der Waals surface area contributed by atoms with Crippen molar-refractivity contribution >= 4 is 22.5 Å². The number of aromatic nitrogens is 2. The minimum absolute atomic E-state index is 0.302. The normalized spacial score (nSPS) is 11.6. The van der Waals surface area contributed by atoms with Crippen LogP contribution in [0.25, 0.3) is 22.2 Å². The first-order chi connectivity index (χ1) is 15.4. The number of fused-ring (bicyclic) bond motifs is 1. The van der Waals surface area contributed by atoms with Gasteiger partial charge in [-0.1, -0.05) is 23.7 Å². The average Bonchev–Trinajstić information content (AvgIpc) is 2.77. The third-order valence-corrected chi connectivity index (χ3v) is 5.11. The van der Waals surface area contributed by atoms with Crippen LogP contribution in [0.1, 0.15) is 11.1 Å². The molecule has 0 spiro atoms. The van der Waals surface area contributed by atoms with Crippen LogP contribution in [0.15, 0.2) is 73.1 Å². The van der Waals surface area contributed by atoms with Crippen molar-refractivity contribution in [3.63, 3.8) is 0 Å². The molecule has 0 aliphatic heterocycles. The van der Waals surface area contributed by atoms with E-state index in [0.29, 0.717) is 22.8 Å². The zero-order valence-corrected chi connectivity index (χ0v) is 17.6. The monoisotopic (exact) mass is 457 g/mol. The van der Waals surface area contributed by atoms with Crippen molar-refractivity contribution in [2.24, 2.45) is 0 Å². The zero-order valence-electron chi connectivity index (χ0n) is 16.9. The highest BCUT2D eigenvalue weighted by molar-refractivity contribution is 6.30. The molecule has 2 aromatic heterocycles. The first-order valence-electron chi connectivity index (χ1n) is 9.92. The van der Waals surface area contributed by atoms with Crippen molar-refractivity contribution in [3.8, 4) is 17.0 Å². The first kappa shape index (κ1) is 22.0. The second-order valence-electron chi connectivity index (χ2n) is 7.19. The molecule has 0 aliphatic rings. The maximum atomic E-state index is 12.6. The van der Waals surface area contributed by atoms with Gasteiger partial charge in [-0.25, -0.2) is 4.98 Å². The quantitative estimate of drug-likeness (QED) is 0.336. The summed E-state index contributed by atoms with van der Waals surface area (Å²) in [6.07, 6.45) is -0.586. The Morgan fingerprint density at radius 2 is 1.81 bits per heavy atom. The number of hydrogen-bond donors (Lipinski definition) is 1. The number of rotatable bonds is 7. The lowest BCUT2D eigenvalue weighted by Crippen LogP contribution is -2.18. The van der Waals surface area contributed by atoms with E-state index in [0.717, 1.165) is 29.5 Å². The number of alkyl halides is 3. The summed E-state index contributed by atoms with van der Waals surface area (Å²) >= 11 is 5.93. The lowest BCUT2D eigenvalue weighted by atomic mass is 10.0. The molecule has 0 fully saturated rings. The van der Waals surface area contributed by atoms with Crippen molar-refractivity contribution in [2.45, 2.75) is 19.3 Å². The molecule has 0 atom stereocenters. The number of hydrogen-bond acceptors (Lipinski definition) is 4. The van der Waals surface area contributed by atoms with Crippen LogP contribution in [0.4, 0.5) is 13.2 Å². The first-order valence-corrected chi connectivity index (χ1v) is 10.3. The summed E-state index contributed by atoms with van der Waals surface area (Å²) in [6.45, 7) is 1.28. The smallest absolute Gasteiger partial charge is 0.406 e. The Labute approximate surface area is 188 Å². The van der Waals surface area contributed by atoms with E-state index in [2.05, 4.69) is 20.0 Å². The summed E-state index contributed by atoms with van der Waals surface area (Å²) in [5.41, 5.74) is 3.95. The van der Waals surface area contributed by atoms with E-state index in [4.69, 9.17) is 11.6 Å². The van der Waals surface area contributed by atoms with Crippen LogP contribution in [0.5, 0.6) is 5.75 Å². The van der Waals surface area contributed by atoms with Crippen molar-refractivity contribution in [1.82, 2.24) is 15.3 Å². The van der Waals surface area contributed by atoms with Crippen molar-refractivity contribution in [1.29, 1.82) is 0 Å². The van der Waals surface area contributed by atoms with Gasteiger partial charge in [-0.3, -0.25) is 4.98 Å². The van der Waals surface area contributed by atoms with Crippen LogP contribution in [0.3, 0.4) is 0 Å². The molecule has 0 saturated heterocycles. The summed E-state index contributed by atoms with van der Waals surface area (Å²) in [5, 5.41) is 4.84. The van der Waals surface area contributed by atoms with Gasteiger partial charge in [0.1, 0.15) is 5.75 Å². The fourth-order valence-electron chi connectivity index (χ4n) is 3.38. The molecule has 0 saturated carbocycles. The minimum atomic E-state index is -4.76. The molecule has 0 aliphatic carbocycles. The number of nitrogens with zero attached hydrogens (tertiary/aromatic N) is 2. The van der Waals surface area contributed by atoms with E-state index in [1.54, 1.807) is 24.5 Å². The van der Waals surface area contributed by atoms with Crippen LogP contribution in [0.2, 0.25) is 5.02 Å². The second kappa shape index (κ2) is 9.54. The third-order valence-electron chi connectivity index (χ3n) is 4.86. The van der Waals surface area contributed by atoms with Gasteiger partial charge in [0.05, 0.1) is 11.2 Å². The molecular weight excluding hydrogens is 439 g/mol. The highest BCUT2D eigenvalue weighted by Crippen LogP contribution is 2.29. The van der Waals surface area contributed by atoms with Crippen LogP contribution >= 0.6 is 11.6 Å². The molecule has 164 valence electrons. The average molecular weight is 458 g/mol. The van der Waals surface area contributed by atoms with E-state index in [1.165, 1.54) is 17.7 Å². The highest BCUT2D eigenvalue weighted by Gasteiger charge is 2.31. The molecule has 0 radical (unpaired) electrons. The maximum absolute atomic E-state index is 12.6. The maximum Gasteiger partial charge on any atom is 0.573 e. The van der Waals surface area contributed by atoms with Gasteiger partial charge in [-0.05, 0) is 66.6 Å². The fourth-order valence-corrected chi connectivity index (χ4v) is 3.51. The van der Waals surface area contributed by atoms with Gasteiger partial charge < -0.3 is 10.1 Å². The van der Waals surface area contributed by atoms with Gasteiger partial charge in [0.25, 0.3) is 0 Å². The van der Waals surface area contributed by atoms with Crippen molar-refractivity contribution in [2.75, 3.05) is 6.54 Å². The number of nitrogens with one attached hydrogen (secondary N) is 1. The molecule has 4 aromatic rings. The SMILES string of the molecule is FC(F)(F)Oc1ccc2cc(CNCCc3ccc(Cl)cc3)c(-c3cccnc3)nc2c1. The lowest BCUT2D eigenvalue weighted by Gasteiger charge is -2.13. The zero-order chi connectivity index (χ0) is 22.6. The number of pyridine rings is 2. The molecule has 0 amide bonds. The fraction of sp³-hybridized carbons (Fsp3) is 0.167. The van der Waals surface area contributed by atoms with Gasteiger partial charge in [-0.15, -0.1) is 13.2 Å². The van der Waals surface area contributed by atoms with E-state index < -0.39 is 6.36 Å². The molecule has 2 heterocycles. The van der Waals surface area contributed by atoms with Gasteiger partial charge in [-0.2, -0.15) is 0 Å². The molecule has 32 heavy (non-hydrogen) atoms. The van der Waals surface area contributed by atoms with Gasteiger partial charge >= 0.3 is 6.36 Å². The Kier molecular flexibility index (Phi) is 6.58. The highest BCUT2D eigenvalue weighted by atomic mass is 35.5. The number of halogens is 4. The molecule has 2 aromatic carbocycles. The molecule has 4 nitrogen and oxygen atoms in total. The summed E-state index contributed by atoms with van der Waals surface area (Å²) in [6, 6.07) is 17.5. The summed E-state index contributed by atoms with van der Waals surface area (Å²) in [5.74, 6) is -0.302. The van der Waals surface area contributed by atoms with Gasteiger partial charge in [0.15, 0.2) is 0 Å². The Morgan fingerprint density at radius 3 is 2.53 bits per heavy atom. The van der Waals surface area contributed by atoms with E-state index >= 15 is 0 Å². The predicted molar refractivity (Wildman–Crippen MR) is 119 cm³/mol. The number of benzene rings is 2. The molecular formula is C24H19ClF3N3O. The number of ether oxygens (including phenoxy) is 1. The Balaban J connectivity index is 1.58. The molecule has 8 heteroatoms. The van der Waals surface area contributed by atoms with E-state index in [9.17, 15) is 13.2 Å². The van der Waals surface area contributed by atoms with Gasteiger partial charge in [0, 0.05) is 41.0 Å². The van der Waals surface area contributed by atoms with E-state index in [1.807, 2.05) is 36.4 Å². The van der Waals surface area contributed by atoms with Crippen molar-refractivity contribution in [3.05, 3.63) is 89.2 Å². The summed E-state index contributed by atoms with van der Waals surface area (Å²) < 4.78 is 41.8. The van der Waals surface area contributed by atoms with E-state index in [-0.39, 0.29) is 5.75 Å². The predicted octanol–water partition coefficient (Wildman–Crippen LogP) is 6.18. The Hall–Kier alpha value is -3.16. The van der Waals surface area contributed by atoms with Crippen LogP contribution < -0.4 is 10.1 Å². The Morgan fingerprint density at radius 1 is 1.00 bits per heavy atom. The Bertz CT molecular complexity index is 1200. The lowest BCUT2D eigenvalue weighted by molar-refractivity contribution is -0.274. The second-order valence-corrected chi connectivity index (χ2v) is 7.63. The van der Waals surface area contributed by atoms with Crippen LogP contribution in [-0.4, -0.2) is 22.9 Å². The van der Waals surface area contributed by atoms with Crippen molar-refractivity contribution < 1.29 is 17.9 Å². The molecule has 0 unspecified atom stereocenters. The standard InChI is InChI=1S/C24H19ClF3N3O/c25-20-6-3-16(4-7-20)9-11-30-15-19-12-17-5-8-21(32-24(26,27)28)13-22(17)31-23(19)18-2-1-10-29-14-18/h1-8,10,12-14,30H,9,11,15H2. The largest absolute Gasteiger partial charge is 0.573 e. The molecule has 4 rings (SSSR count). The third kappa shape index (κ3) is 5.75. The summed E-state index contributed by atoms with van der Waals surface area (Å²) in [4.78, 5) is 8.79. The minimum Gasteiger partial charge on any atom is -0.406 e. The molecule has 0 bridgehead atoms. The van der Waals surface area contributed by atoms with Gasteiger partial charge in [0.2, 0.25) is 0 Å². The molecule has 1 N–H and O–H groups in total. The topological polar surface area (TPSA) is 47.0 Å².